The highest BCUT2D eigenvalue weighted by atomic mass is 32.1. The monoisotopic (exact) mass is 308 g/mol. The van der Waals surface area contributed by atoms with Gasteiger partial charge in [-0.1, -0.05) is 22.5 Å². The standard InChI is InChI=1S/C10H4F4N2O3S/c11-4-2-1-3-5(6(4)7(17)18)19-9-16-15-8(20-9)10(12,13)14/h1-3H,(H,17,18). The number of benzene rings is 1. The second-order valence-corrected chi connectivity index (χ2v) is 4.33. The van der Waals surface area contributed by atoms with Gasteiger partial charge < -0.3 is 9.84 Å². The molecule has 0 aliphatic rings. The molecule has 0 bridgehead atoms. The lowest BCUT2D eigenvalue weighted by atomic mass is 10.2. The third kappa shape index (κ3) is 2.85. The summed E-state index contributed by atoms with van der Waals surface area (Å²) in [6, 6.07) is 3.14. The molecule has 0 fully saturated rings. The summed E-state index contributed by atoms with van der Waals surface area (Å²) >= 11 is 0.0761. The molecule has 20 heavy (non-hydrogen) atoms. The van der Waals surface area contributed by atoms with E-state index in [9.17, 15) is 22.4 Å². The van der Waals surface area contributed by atoms with E-state index in [1.54, 1.807) is 0 Å². The van der Waals surface area contributed by atoms with Crippen LogP contribution in [-0.4, -0.2) is 21.3 Å². The molecule has 1 N–H and O–H groups in total. The van der Waals surface area contributed by atoms with Crippen LogP contribution in [0.15, 0.2) is 18.2 Å². The third-order valence-electron chi connectivity index (χ3n) is 2.04. The number of alkyl halides is 3. The fourth-order valence-corrected chi connectivity index (χ4v) is 1.83. The summed E-state index contributed by atoms with van der Waals surface area (Å²) in [6.45, 7) is 0. The van der Waals surface area contributed by atoms with Crippen LogP contribution in [0.1, 0.15) is 15.4 Å². The molecule has 2 rings (SSSR count). The zero-order valence-electron chi connectivity index (χ0n) is 9.31. The molecule has 0 aliphatic heterocycles. The lowest BCUT2D eigenvalue weighted by molar-refractivity contribution is -0.138. The van der Waals surface area contributed by atoms with Gasteiger partial charge in [0, 0.05) is 0 Å². The number of carboxylic acid groups (broad SMARTS) is 1. The first kappa shape index (κ1) is 14.2. The number of aromatic carboxylic acids is 1. The highest BCUT2D eigenvalue weighted by Gasteiger charge is 2.36. The first-order valence-electron chi connectivity index (χ1n) is 4.89. The first-order valence-corrected chi connectivity index (χ1v) is 5.71. The Labute approximate surface area is 112 Å². The van der Waals surface area contributed by atoms with E-state index >= 15 is 0 Å². The van der Waals surface area contributed by atoms with Crippen LogP contribution in [0, 0.1) is 5.82 Å². The fourth-order valence-electron chi connectivity index (χ4n) is 1.26. The van der Waals surface area contributed by atoms with Crippen LogP contribution >= 0.6 is 11.3 Å². The molecule has 0 radical (unpaired) electrons. The highest BCUT2D eigenvalue weighted by Crippen LogP contribution is 2.36. The quantitative estimate of drug-likeness (QED) is 0.882. The molecule has 0 spiro atoms. The van der Waals surface area contributed by atoms with Crippen molar-refractivity contribution in [3.05, 3.63) is 34.6 Å². The highest BCUT2D eigenvalue weighted by molar-refractivity contribution is 7.13. The molecule has 0 amide bonds. The molecule has 1 heterocycles. The maximum Gasteiger partial charge on any atom is 0.445 e. The van der Waals surface area contributed by atoms with E-state index in [1.807, 2.05) is 0 Å². The molecule has 10 heteroatoms. The van der Waals surface area contributed by atoms with E-state index in [4.69, 9.17) is 9.84 Å². The Morgan fingerprint density at radius 1 is 1.30 bits per heavy atom. The van der Waals surface area contributed by atoms with Gasteiger partial charge in [-0.05, 0) is 12.1 Å². The van der Waals surface area contributed by atoms with Gasteiger partial charge in [-0.25, -0.2) is 9.18 Å². The van der Waals surface area contributed by atoms with Gasteiger partial charge in [0.25, 0.3) is 5.19 Å². The van der Waals surface area contributed by atoms with Crippen molar-refractivity contribution < 1.29 is 32.2 Å². The van der Waals surface area contributed by atoms with Crippen LogP contribution in [-0.2, 0) is 6.18 Å². The molecule has 0 aliphatic carbocycles. The number of hydrogen-bond acceptors (Lipinski definition) is 5. The minimum absolute atomic E-state index is 0.0761. The van der Waals surface area contributed by atoms with Gasteiger partial charge in [-0.15, -0.1) is 5.10 Å². The van der Waals surface area contributed by atoms with Crippen molar-refractivity contribution in [2.75, 3.05) is 0 Å². The van der Waals surface area contributed by atoms with Crippen LogP contribution in [0.2, 0.25) is 0 Å². The second kappa shape index (κ2) is 5.04. The molecule has 0 atom stereocenters. The number of hydrogen-bond donors (Lipinski definition) is 1. The lowest BCUT2D eigenvalue weighted by Gasteiger charge is -2.05. The Morgan fingerprint density at radius 2 is 2.00 bits per heavy atom. The number of rotatable bonds is 3. The number of ether oxygens (including phenoxy) is 1. The van der Waals surface area contributed by atoms with Gasteiger partial charge in [0.15, 0.2) is 0 Å². The molecule has 0 unspecified atom stereocenters. The van der Waals surface area contributed by atoms with E-state index in [-0.39, 0.29) is 11.3 Å². The average Bonchev–Trinajstić information content (AvgIpc) is 2.76. The first-order chi connectivity index (χ1) is 9.29. The number of aromatic nitrogens is 2. The summed E-state index contributed by atoms with van der Waals surface area (Å²) in [5, 5.41) is 13.0. The van der Waals surface area contributed by atoms with E-state index in [0.717, 1.165) is 18.2 Å². The predicted octanol–water partition coefficient (Wildman–Crippen LogP) is 3.19. The summed E-state index contributed by atoms with van der Waals surface area (Å²) in [5.41, 5.74) is -0.795. The van der Waals surface area contributed by atoms with Crippen molar-refractivity contribution in [2.24, 2.45) is 0 Å². The largest absolute Gasteiger partial charge is 0.477 e. The Morgan fingerprint density at radius 3 is 2.55 bits per heavy atom. The number of halogens is 4. The van der Waals surface area contributed by atoms with Gasteiger partial charge in [-0.3, -0.25) is 0 Å². The Bertz CT molecular complexity index is 656. The maximum atomic E-state index is 13.3. The molecule has 2 aromatic rings. The molecule has 106 valence electrons. The molecular formula is C10H4F4N2O3S. The van der Waals surface area contributed by atoms with Crippen molar-refractivity contribution >= 4 is 17.3 Å². The maximum absolute atomic E-state index is 13.3. The average molecular weight is 308 g/mol. The van der Waals surface area contributed by atoms with Gasteiger partial charge >= 0.3 is 12.1 Å². The molecule has 1 aromatic heterocycles. The molecular weight excluding hydrogens is 304 g/mol. The summed E-state index contributed by atoms with van der Waals surface area (Å²) < 4.78 is 55.1. The fraction of sp³-hybridized carbons (Fsp3) is 0.100. The predicted molar refractivity (Wildman–Crippen MR) is 58.3 cm³/mol. The Kier molecular flexibility index (Phi) is 3.57. The van der Waals surface area contributed by atoms with Gasteiger partial charge in [0.1, 0.15) is 17.1 Å². The van der Waals surface area contributed by atoms with E-state index in [2.05, 4.69) is 10.2 Å². The van der Waals surface area contributed by atoms with Crippen molar-refractivity contribution in [3.8, 4) is 10.9 Å². The Balaban J connectivity index is 2.34. The Hall–Kier alpha value is -2.23. The van der Waals surface area contributed by atoms with Gasteiger partial charge in [0.2, 0.25) is 5.01 Å². The summed E-state index contributed by atoms with van der Waals surface area (Å²) in [6.07, 6.45) is -4.68. The number of carboxylic acids is 1. The SMILES string of the molecule is O=C(O)c1c(F)cccc1Oc1nnc(C(F)(F)F)s1. The summed E-state index contributed by atoms with van der Waals surface area (Å²) in [5.74, 6) is -3.14. The zero-order chi connectivity index (χ0) is 14.9. The van der Waals surface area contributed by atoms with Crippen molar-refractivity contribution in [1.29, 1.82) is 0 Å². The molecule has 0 saturated carbocycles. The van der Waals surface area contributed by atoms with Crippen molar-refractivity contribution in [2.45, 2.75) is 6.18 Å². The topological polar surface area (TPSA) is 72.3 Å². The van der Waals surface area contributed by atoms with Crippen LogP contribution in [0.25, 0.3) is 0 Å². The van der Waals surface area contributed by atoms with E-state index < -0.39 is 39.5 Å². The van der Waals surface area contributed by atoms with Crippen LogP contribution < -0.4 is 4.74 Å². The minimum Gasteiger partial charge on any atom is -0.477 e. The van der Waals surface area contributed by atoms with E-state index in [1.165, 1.54) is 0 Å². The molecule has 5 nitrogen and oxygen atoms in total. The van der Waals surface area contributed by atoms with Crippen LogP contribution in [0.5, 0.6) is 10.9 Å². The van der Waals surface area contributed by atoms with Crippen LogP contribution in [0.4, 0.5) is 17.6 Å². The third-order valence-corrected chi connectivity index (χ3v) is 2.88. The smallest absolute Gasteiger partial charge is 0.445 e. The van der Waals surface area contributed by atoms with Crippen molar-refractivity contribution in [3.63, 3.8) is 0 Å². The van der Waals surface area contributed by atoms with E-state index in [0.29, 0.717) is 0 Å². The minimum atomic E-state index is -4.68. The molecule has 1 aromatic carbocycles. The summed E-state index contributed by atoms with van der Waals surface area (Å²) in [4.78, 5) is 10.9. The number of carbonyl (C=O) groups is 1. The second-order valence-electron chi connectivity index (χ2n) is 3.39. The number of nitrogens with zero attached hydrogens (tertiary/aromatic N) is 2. The van der Waals surface area contributed by atoms with Crippen molar-refractivity contribution in [1.82, 2.24) is 10.2 Å². The summed E-state index contributed by atoms with van der Waals surface area (Å²) in [7, 11) is 0. The van der Waals surface area contributed by atoms with Gasteiger partial charge in [-0.2, -0.15) is 13.2 Å². The van der Waals surface area contributed by atoms with Gasteiger partial charge in [0.05, 0.1) is 0 Å². The lowest BCUT2D eigenvalue weighted by Crippen LogP contribution is -2.03. The zero-order valence-corrected chi connectivity index (χ0v) is 10.1. The van der Waals surface area contributed by atoms with Crippen LogP contribution in [0.3, 0.4) is 0 Å². The normalized spacial score (nSPS) is 11.4. The molecule has 0 saturated heterocycles.